The Bertz CT molecular complexity index is 1320. The molecule has 0 bridgehead atoms. The fourth-order valence-corrected chi connectivity index (χ4v) is 5.16. The van der Waals surface area contributed by atoms with Crippen LogP contribution >= 0.6 is 0 Å². The lowest BCUT2D eigenvalue weighted by Crippen LogP contribution is -2.47. The third-order valence-corrected chi connectivity index (χ3v) is 7.08. The van der Waals surface area contributed by atoms with E-state index in [2.05, 4.69) is 15.3 Å². The Hall–Kier alpha value is -3.93. The number of nitrogens with zero attached hydrogens (tertiary/aromatic N) is 2. The minimum Gasteiger partial charge on any atom is -0.361 e. The van der Waals surface area contributed by atoms with E-state index < -0.39 is 6.04 Å². The highest BCUT2D eigenvalue weighted by molar-refractivity contribution is 6.03. The van der Waals surface area contributed by atoms with Gasteiger partial charge in [-0.1, -0.05) is 55.2 Å². The lowest BCUT2D eigenvalue weighted by Gasteiger charge is -2.33. The summed E-state index contributed by atoms with van der Waals surface area (Å²) in [5, 5.41) is 4.28. The second kappa shape index (κ2) is 10.8. The second-order valence-corrected chi connectivity index (χ2v) is 9.66. The monoisotopic (exact) mass is 480 g/mol. The summed E-state index contributed by atoms with van der Waals surface area (Å²) >= 11 is 0. The summed E-state index contributed by atoms with van der Waals surface area (Å²) in [5.74, 6) is -0.287. The number of aromatic nitrogens is 2. The molecule has 2 amide bonds. The SMILES string of the molecule is Cc1ccc(N(C(=O)Cc2c[nH]c3ccccc23)[C@@H](C(=O)NC2CCCCC2)c2ccncc2)cc1. The molecular weight excluding hydrogens is 448 g/mol. The Balaban J connectivity index is 1.54. The first kappa shape index (κ1) is 23.8. The third kappa shape index (κ3) is 5.18. The number of rotatable bonds is 7. The third-order valence-electron chi connectivity index (χ3n) is 7.08. The van der Waals surface area contributed by atoms with Crippen molar-refractivity contribution in [3.05, 3.63) is 95.9 Å². The molecule has 0 spiro atoms. The average molecular weight is 481 g/mol. The van der Waals surface area contributed by atoms with Crippen LogP contribution in [-0.4, -0.2) is 27.8 Å². The number of hydrogen-bond acceptors (Lipinski definition) is 3. The fraction of sp³-hybridized carbons (Fsp3) is 0.300. The number of nitrogens with one attached hydrogen (secondary N) is 2. The van der Waals surface area contributed by atoms with E-state index in [-0.39, 0.29) is 24.3 Å². The first-order chi connectivity index (χ1) is 17.6. The van der Waals surface area contributed by atoms with Gasteiger partial charge in [0.15, 0.2) is 0 Å². The number of benzene rings is 2. The smallest absolute Gasteiger partial charge is 0.248 e. The maximum absolute atomic E-state index is 14.1. The number of hydrogen-bond donors (Lipinski definition) is 2. The standard InChI is InChI=1S/C30H32N4O2/c1-21-11-13-25(14-12-21)34(28(35)19-23-20-32-27-10-6-5-9-26(23)27)29(22-15-17-31-18-16-22)30(36)33-24-7-3-2-4-8-24/h5-6,9-18,20,24,29,32H,2-4,7-8,19H2,1H3,(H,33,36)/t29-/m1/s1. The lowest BCUT2D eigenvalue weighted by atomic mass is 9.94. The molecule has 2 aromatic heterocycles. The number of carbonyl (C=O) groups is 2. The van der Waals surface area contributed by atoms with Gasteiger partial charge in [0.2, 0.25) is 11.8 Å². The van der Waals surface area contributed by atoms with Crippen LogP contribution in [0.15, 0.2) is 79.3 Å². The second-order valence-electron chi connectivity index (χ2n) is 9.66. The summed E-state index contributed by atoms with van der Waals surface area (Å²) in [6.07, 6.45) is 10.8. The molecule has 1 aliphatic rings. The zero-order valence-corrected chi connectivity index (χ0v) is 20.6. The number of aromatic amines is 1. The first-order valence-electron chi connectivity index (χ1n) is 12.7. The molecule has 0 aliphatic heterocycles. The number of H-pyrrole nitrogens is 1. The van der Waals surface area contributed by atoms with Crippen LogP contribution in [-0.2, 0) is 16.0 Å². The molecule has 1 aliphatic carbocycles. The number of anilines is 1. The number of carbonyl (C=O) groups excluding carboxylic acids is 2. The van der Waals surface area contributed by atoms with Gasteiger partial charge in [-0.25, -0.2) is 0 Å². The summed E-state index contributed by atoms with van der Waals surface area (Å²) < 4.78 is 0. The summed E-state index contributed by atoms with van der Waals surface area (Å²) in [5.41, 5.74) is 4.43. The highest BCUT2D eigenvalue weighted by Crippen LogP contribution is 2.31. The Morgan fingerprint density at radius 3 is 2.47 bits per heavy atom. The van der Waals surface area contributed by atoms with E-state index in [4.69, 9.17) is 0 Å². The molecule has 1 fully saturated rings. The highest BCUT2D eigenvalue weighted by atomic mass is 16.2. The van der Waals surface area contributed by atoms with Crippen LogP contribution in [0.5, 0.6) is 0 Å². The fourth-order valence-electron chi connectivity index (χ4n) is 5.16. The van der Waals surface area contributed by atoms with Gasteiger partial charge in [-0.2, -0.15) is 0 Å². The van der Waals surface area contributed by atoms with Crippen molar-refractivity contribution < 1.29 is 9.59 Å². The molecule has 36 heavy (non-hydrogen) atoms. The summed E-state index contributed by atoms with van der Waals surface area (Å²) in [6.45, 7) is 2.01. The van der Waals surface area contributed by atoms with Crippen molar-refractivity contribution in [1.29, 1.82) is 0 Å². The van der Waals surface area contributed by atoms with Crippen LogP contribution in [0.25, 0.3) is 10.9 Å². The molecule has 0 saturated heterocycles. The van der Waals surface area contributed by atoms with Gasteiger partial charge in [-0.3, -0.25) is 19.5 Å². The Morgan fingerprint density at radius 2 is 1.72 bits per heavy atom. The highest BCUT2D eigenvalue weighted by Gasteiger charge is 2.34. The predicted molar refractivity (Wildman–Crippen MR) is 143 cm³/mol. The van der Waals surface area contributed by atoms with E-state index >= 15 is 0 Å². The number of amides is 2. The van der Waals surface area contributed by atoms with Crippen LogP contribution < -0.4 is 10.2 Å². The minimum absolute atomic E-state index is 0.135. The van der Waals surface area contributed by atoms with Crippen molar-refractivity contribution >= 4 is 28.4 Å². The summed E-state index contributed by atoms with van der Waals surface area (Å²) in [7, 11) is 0. The van der Waals surface area contributed by atoms with Crippen molar-refractivity contribution in [2.24, 2.45) is 0 Å². The van der Waals surface area contributed by atoms with Crippen molar-refractivity contribution in [2.45, 2.75) is 57.5 Å². The zero-order chi connectivity index (χ0) is 24.9. The van der Waals surface area contributed by atoms with Crippen LogP contribution in [0, 0.1) is 6.92 Å². The normalized spacial score (nSPS) is 14.9. The largest absolute Gasteiger partial charge is 0.361 e. The van der Waals surface area contributed by atoms with Gasteiger partial charge in [-0.05, 0) is 61.2 Å². The Morgan fingerprint density at radius 1 is 1.00 bits per heavy atom. The molecule has 2 aromatic carbocycles. The van der Waals surface area contributed by atoms with Gasteiger partial charge in [-0.15, -0.1) is 0 Å². The van der Waals surface area contributed by atoms with Crippen LogP contribution in [0.2, 0.25) is 0 Å². The van der Waals surface area contributed by atoms with E-state index in [0.29, 0.717) is 5.69 Å². The maximum Gasteiger partial charge on any atom is 0.248 e. The van der Waals surface area contributed by atoms with E-state index in [1.54, 1.807) is 17.3 Å². The number of aryl methyl sites for hydroxylation is 1. The Kier molecular flexibility index (Phi) is 7.12. The number of para-hydroxylation sites is 1. The summed E-state index contributed by atoms with van der Waals surface area (Å²) in [6, 6.07) is 18.7. The molecular formula is C30H32N4O2. The van der Waals surface area contributed by atoms with Crippen molar-refractivity contribution in [2.75, 3.05) is 4.90 Å². The van der Waals surface area contributed by atoms with Gasteiger partial charge in [0, 0.05) is 41.2 Å². The van der Waals surface area contributed by atoms with Gasteiger partial charge in [0.25, 0.3) is 0 Å². The zero-order valence-electron chi connectivity index (χ0n) is 20.6. The van der Waals surface area contributed by atoms with Crippen LogP contribution in [0.1, 0.15) is 54.8 Å². The van der Waals surface area contributed by atoms with E-state index in [0.717, 1.165) is 53.3 Å². The molecule has 1 saturated carbocycles. The molecule has 0 radical (unpaired) electrons. The predicted octanol–water partition coefficient (Wildman–Crippen LogP) is 5.64. The van der Waals surface area contributed by atoms with Crippen molar-refractivity contribution in [3.63, 3.8) is 0 Å². The van der Waals surface area contributed by atoms with Gasteiger partial charge in [0.05, 0.1) is 6.42 Å². The molecule has 1 atom stereocenters. The molecule has 0 unspecified atom stereocenters. The molecule has 2 N–H and O–H groups in total. The molecule has 5 rings (SSSR count). The van der Waals surface area contributed by atoms with Gasteiger partial charge < -0.3 is 10.3 Å². The molecule has 6 nitrogen and oxygen atoms in total. The van der Waals surface area contributed by atoms with E-state index in [9.17, 15) is 9.59 Å². The molecule has 4 aromatic rings. The molecule has 6 heteroatoms. The number of fused-ring (bicyclic) bond motifs is 1. The topological polar surface area (TPSA) is 78.1 Å². The van der Waals surface area contributed by atoms with E-state index in [1.165, 1.54) is 6.42 Å². The quantitative estimate of drug-likeness (QED) is 0.359. The van der Waals surface area contributed by atoms with Gasteiger partial charge >= 0.3 is 0 Å². The minimum atomic E-state index is -0.796. The van der Waals surface area contributed by atoms with Crippen molar-refractivity contribution in [3.8, 4) is 0 Å². The average Bonchev–Trinajstić information content (AvgIpc) is 3.31. The molecule has 2 heterocycles. The first-order valence-corrected chi connectivity index (χ1v) is 12.7. The van der Waals surface area contributed by atoms with Gasteiger partial charge in [0.1, 0.15) is 6.04 Å². The number of pyridine rings is 1. The molecule has 184 valence electrons. The van der Waals surface area contributed by atoms with Crippen molar-refractivity contribution in [1.82, 2.24) is 15.3 Å². The van der Waals surface area contributed by atoms with Crippen LogP contribution in [0.4, 0.5) is 5.69 Å². The maximum atomic E-state index is 14.1. The van der Waals surface area contributed by atoms with Crippen LogP contribution in [0.3, 0.4) is 0 Å². The lowest BCUT2D eigenvalue weighted by molar-refractivity contribution is -0.127. The summed E-state index contributed by atoms with van der Waals surface area (Å²) in [4.78, 5) is 37.0. The Labute approximate surface area is 211 Å². The van der Waals surface area contributed by atoms with E-state index in [1.807, 2.05) is 73.8 Å².